The number of phenols is 1. The maximum Gasteiger partial charge on any atom is 0.257 e. The number of aromatic nitrogens is 2. The Balaban J connectivity index is 1.39. The number of rotatable bonds is 5. The van der Waals surface area contributed by atoms with Crippen molar-refractivity contribution in [2.45, 2.75) is 13.5 Å². The van der Waals surface area contributed by atoms with Gasteiger partial charge in [0.1, 0.15) is 11.4 Å². The summed E-state index contributed by atoms with van der Waals surface area (Å²) in [6, 6.07) is 25.6. The van der Waals surface area contributed by atoms with Crippen molar-refractivity contribution in [2.24, 2.45) is 0 Å². The van der Waals surface area contributed by atoms with Crippen LogP contribution in [0.25, 0.3) is 11.3 Å². The fourth-order valence-electron chi connectivity index (χ4n) is 4.38. The number of hydrogen-bond donors (Lipinski definition) is 1. The second-order valence-electron chi connectivity index (χ2n) is 8.74. The molecule has 1 fully saturated rings. The normalized spacial score (nSPS) is 13.8. The molecule has 1 saturated heterocycles. The molecule has 6 nitrogen and oxygen atoms in total. The monoisotopic (exact) mass is 452 g/mol. The molecule has 1 aliphatic heterocycles. The highest BCUT2D eigenvalue weighted by Gasteiger charge is 2.26. The number of nitrogens with zero attached hydrogens (tertiary/aromatic N) is 4. The topological polar surface area (TPSA) is 61.6 Å². The Kier molecular flexibility index (Phi) is 6.04. The zero-order chi connectivity index (χ0) is 23.5. The van der Waals surface area contributed by atoms with Crippen molar-refractivity contribution in [3.05, 3.63) is 102 Å². The molecule has 0 saturated carbocycles. The van der Waals surface area contributed by atoms with Gasteiger partial charge in [0.15, 0.2) is 0 Å². The van der Waals surface area contributed by atoms with Crippen LogP contribution in [0.4, 0.5) is 5.69 Å². The maximum absolute atomic E-state index is 13.6. The number of phenolic OH excluding ortho intramolecular Hbond substituents is 1. The molecule has 6 heteroatoms. The van der Waals surface area contributed by atoms with Crippen LogP contribution in [0.15, 0.2) is 85.1 Å². The largest absolute Gasteiger partial charge is 0.508 e. The van der Waals surface area contributed by atoms with Gasteiger partial charge in [0.05, 0.1) is 12.1 Å². The first-order chi connectivity index (χ1) is 16.6. The molecule has 1 aliphatic rings. The van der Waals surface area contributed by atoms with E-state index in [1.807, 2.05) is 70.4 Å². The molecular formula is C28H28N4O2. The van der Waals surface area contributed by atoms with Crippen LogP contribution >= 0.6 is 0 Å². The van der Waals surface area contributed by atoms with Gasteiger partial charge in [-0.1, -0.05) is 66.2 Å². The summed E-state index contributed by atoms with van der Waals surface area (Å²) < 4.78 is 1.86. The van der Waals surface area contributed by atoms with Crippen LogP contribution in [-0.2, 0) is 6.54 Å². The standard InChI is InChI=1S/C28H28N4O2/c1-21-10-12-23(13-11-21)27-26(20-32(29-27)19-22-6-3-2-4-7-22)28(34)31-16-14-30(15-17-31)24-8-5-9-25(33)18-24/h2-13,18,20,33H,14-17,19H2,1H3. The summed E-state index contributed by atoms with van der Waals surface area (Å²) in [5, 5.41) is 14.6. The first-order valence-corrected chi connectivity index (χ1v) is 11.6. The van der Waals surface area contributed by atoms with E-state index in [0.29, 0.717) is 38.3 Å². The molecule has 0 unspecified atom stereocenters. The quantitative estimate of drug-likeness (QED) is 0.482. The molecule has 4 aromatic rings. The molecule has 5 rings (SSSR count). The van der Waals surface area contributed by atoms with Gasteiger partial charge in [-0.2, -0.15) is 5.10 Å². The van der Waals surface area contributed by atoms with Crippen molar-refractivity contribution in [2.75, 3.05) is 31.1 Å². The lowest BCUT2D eigenvalue weighted by atomic mass is 10.1. The van der Waals surface area contributed by atoms with Crippen molar-refractivity contribution in [3.63, 3.8) is 0 Å². The van der Waals surface area contributed by atoms with E-state index in [-0.39, 0.29) is 11.7 Å². The van der Waals surface area contributed by atoms with Crippen LogP contribution in [-0.4, -0.2) is 51.9 Å². The number of carbonyl (C=O) groups is 1. The highest BCUT2D eigenvalue weighted by atomic mass is 16.3. The minimum Gasteiger partial charge on any atom is -0.508 e. The molecular weight excluding hydrogens is 424 g/mol. The van der Waals surface area contributed by atoms with Crippen LogP contribution in [0.1, 0.15) is 21.5 Å². The van der Waals surface area contributed by atoms with E-state index >= 15 is 0 Å². The van der Waals surface area contributed by atoms with Gasteiger partial charge >= 0.3 is 0 Å². The number of aromatic hydroxyl groups is 1. The second-order valence-corrected chi connectivity index (χ2v) is 8.74. The van der Waals surface area contributed by atoms with Crippen molar-refractivity contribution < 1.29 is 9.90 Å². The Morgan fingerprint density at radius 1 is 0.912 bits per heavy atom. The SMILES string of the molecule is Cc1ccc(-c2nn(Cc3ccccc3)cc2C(=O)N2CCN(c3cccc(O)c3)CC2)cc1. The van der Waals surface area contributed by atoms with Crippen molar-refractivity contribution in [1.29, 1.82) is 0 Å². The summed E-state index contributed by atoms with van der Waals surface area (Å²) in [6.07, 6.45) is 1.88. The molecule has 3 aromatic carbocycles. The number of carbonyl (C=O) groups excluding carboxylic acids is 1. The minimum absolute atomic E-state index is 0.00504. The third-order valence-electron chi connectivity index (χ3n) is 6.27. The summed E-state index contributed by atoms with van der Waals surface area (Å²) in [5.41, 5.74) is 5.58. The van der Waals surface area contributed by atoms with Gasteiger partial charge in [-0.05, 0) is 24.6 Å². The van der Waals surface area contributed by atoms with Gasteiger partial charge in [-0.25, -0.2) is 0 Å². The third-order valence-corrected chi connectivity index (χ3v) is 6.27. The smallest absolute Gasteiger partial charge is 0.257 e. The summed E-state index contributed by atoms with van der Waals surface area (Å²) in [6.45, 7) is 5.33. The molecule has 1 amide bonds. The van der Waals surface area contributed by atoms with Crippen molar-refractivity contribution in [3.8, 4) is 17.0 Å². The average molecular weight is 453 g/mol. The predicted molar refractivity (Wildman–Crippen MR) is 134 cm³/mol. The Morgan fingerprint density at radius 3 is 2.35 bits per heavy atom. The van der Waals surface area contributed by atoms with Crippen LogP contribution in [0.3, 0.4) is 0 Å². The Bertz CT molecular complexity index is 1270. The van der Waals surface area contributed by atoms with E-state index in [2.05, 4.69) is 24.0 Å². The second kappa shape index (κ2) is 9.43. The van der Waals surface area contributed by atoms with Gasteiger partial charge in [-0.15, -0.1) is 0 Å². The van der Waals surface area contributed by atoms with Crippen LogP contribution in [0.5, 0.6) is 5.75 Å². The van der Waals surface area contributed by atoms with Crippen LogP contribution in [0.2, 0.25) is 0 Å². The van der Waals surface area contributed by atoms with Gasteiger partial charge in [0.2, 0.25) is 0 Å². The highest BCUT2D eigenvalue weighted by Crippen LogP contribution is 2.26. The Labute approximate surface area is 199 Å². The average Bonchev–Trinajstić information content (AvgIpc) is 3.28. The first-order valence-electron chi connectivity index (χ1n) is 11.6. The summed E-state index contributed by atoms with van der Waals surface area (Å²) >= 11 is 0. The van der Waals surface area contributed by atoms with Gasteiger partial charge in [0.25, 0.3) is 5.91 Å². The molecule has 2 heterocycles. The molecule has 0 radical (unpaired) electrons. The van der Waals surface area contributed by atoms with E-state index in [1.165, 1.54) is 5.56 Å². The lowest BCUT2D eigenvalue weighted by Gasteiger charge is -2.36. The molecule has 0 aliphatic carbocycles. The predicted octanol–water partition coefficient (Wildman–Crippen LogP) is 4.57. The summed E-state index contributed by atoms with van der Waals surface area (Å²) in [7, 11) is 0. The molecule has 1 N–H and O–H groups in total. The number of amides is 1. The minimum atomic E-state index is 0.00504. The maximum atomic E-state index is 13.6. The molecule has 0 bridgehead atoms. The van der Waals surface area contributed by atoms with Crippen molar-refractivity contribution >= 4 is 11.6 Å². The lowest BCUT2D eigenvalue weighted by molar-refractivity contribution is 0.0747. The number of anilines is 1. The summed E-state index contributed by atoms with van der Waals surface area (Å²) in [5.74, 6) is 0.259. The summed E-state index contributed by atoms with van der Waals surface area (Å²) in [4.78, 5) is 17.7. The van der Waals surface area contributed by atoms with Crippen LogP contribution < -0.4 is 4.90 Å². The molecule has 0 spiro atoms. The van der Waals surface area contributed by atoms with Gasteiger partial charge < -0.3 is 14.9 Å². The van der Waals surface area contributed by atoms with Gasteiger partial charge in [0, 0.05) is 49.7 Å². The Morgan fingerprint density at radius 2 is 1.65 bits per heavy atom. The number of hydrogen-bond acceptors (Lipinski definition) is 4. The Hall–Kier alpha value is -4.06. The number of piperazine rings is 1. The molecule has 1 aromatic heterocycles. The number of benzene rings is 3. The van der Waals surface area contributed by atoms with E-state index < -0.39 is 0 Å². The van der Waals surface area contributed by atoms with E-state index in [1.54, 1.807) is 12.1 Å². The fourth-order valence-corrected chi connectivity index (χ4v) is 4.38. The molecule has 0 atom stereocenters. The van der Waals surface area contributed by atoms with E-state index in [0.717, 1.165) is 22.5 Å². The van der Waals surface area contributed by atoms with Gasteiger partial charge in [-0.3, -0.25) is 9.48 Å². The number of aryl methyl sites for hydroxylation is 1. The molecule has 172 valence electrons. The zero-order valence-electron chi connectivity index (χ0n) is 19.3. The van der Waals surface area contributed by atoms with Crippen molar-refractivity contribution in [1.82, 2.24) is 14.7 Å². The lowest BCUT2D eigenvalue weighted by Crippen LogP contribution is -2.48. The van der Waals surface area contributed by atoms with E-state index in [9.17, 15) is 9.90 Å². The van der Waals surface area contributed by atoms with E-state index in [4.69, 9.17) is 5.10 Å². The zero-order valence-corrected chi connectivity index (χ0v) is 19.3. The first kappa shape index (κ1) is 21.8. The van der Waals surface area contributed by atoms with Crippen LogP contribution in [0, 0.1) is 6.92 Å². The third kappa shape index (κ3) is 4.66. The fraction of sp³-hybridized carbons (Fsp3) is 0.214. The molecule has 34 heavy (non-hydrogen) atoms. The highest BCUT2D eigenvalue weighted by molar-refractivity contribution is 6.00.